The van der Waals surface area contributed by atoms with Crippen molar-refractivity contribution in [2.45, 2.75) is 34.1 Å². The second kappa shape index (κ2) is 4.88. The Morgan fingerprint density at radius 3 is 2.85 bits per heavy atom. The third-order valence-electron chi connectivity index (χ3n) is 3.81. The molecule has 0 atom stereocenters. The fourth-order valence-corrected chi connectivity index (χ4v) is 3.67. The van der Waals surface area contributed by atoms with Crippen LogP contribution in [0.25, 0.3) is 10.2 Å². The topological polar surface area (TPSA) is 41.1 Å². The van der Waals surface area contributed by atoms with E-state index in [1.54, 1.807) is 11.3 Å². The molecule has 3 rings (SSSR count). The van der Waals surface area contributed by atoms with Crippen LogP contribution < -0.4 is 10.2 Å². The molecule has 0 spiro atoms. The van der Waals surface area contributed by atoms with Crippen molar-refractivity contribution in [1.82, 2.24) is 9.97 Å². The number of aryl methyl sites for hydroxylation is 1. The van der Waals surface area contributed by atoms with Crippen molar-refractivity contribution in [3.05, 3.63) is 10.9 Å². The van der Waals surface area contributed by atoms with Gasteiger partial charge in [0.25, 0.3) is 0 Å². The number of anilines is 2. The van der Waals surface area contributed by atoms with E-state index < -0.39 is 0 Å². The Bertz CT molecular complexity index is 632. The molecule has 20 heavy (non-hydrogen) atoms. The van der Waals surface area contributed by atoms with Gasteiger partial charge in [-0.05, 0) is 31.7 Å². The van der Waals surface area contributed by atoms with Gasteiger partial charge >= 0.3 is 0 Å². The van der Waals surface area contributed by atoms with E-state index in [2.05, 4.69) is 49.0 Å². The molecular formula is C15H22N4S. The second-order valence-electron chi connectivity index (χ2n) is 6.31. The lowest BCUT2D eigenvalue weighted by molar-refractivity contribution is 0.418. The van der Waals surface area contributed by atoms with Crippen molar-refractivity contribution in [3.8, 4) is 0 Å². The summed E-state index contributed by atoms with van der Waals surface area (Å²) in [5, 5.41) is 4.45. The van der Waals surface area contributed by atoms with Gasteiger partial charge in [-0.3, -0.25) is 0 Å². The monoisotopic (exact) mass is 290 g/mol. The Labute approximate surface area is 124 Å². The summed E-state index contributed by atoms with van der Waals surface area (Å²) in [4.78, 5) is 14.2. The van der Waals surface area contributed by atoms with Gasteiger partial charge in [0.05, 0.1) is 5.39 Å². The molecule has 0 amide bonds. The van der Waals surface area contributed by atoms with Crippen LogP contribution in [-0.4, -0.2) is 29.6 Å². The van der Waals surface area contributed by atoms with Crippen molar-refractivity contribution < 1.29 is 0 Å². The predicted octanol–water partition coefficient (Wildman–Crippen LogP) is 3.67. The molecule has 0 unspecified atom stereocenters. The summed E-state index contributed by atoms with van der Waals surface area (Å²) in [5.41, 5.74) is 0.376. The molecule has 5 heteroatoms. The van der Waals surface area contributed by atoms with Gasteiger partial charge in [0.1, 0.15) is 10.6 Å². The molecule has 1 fully saturated rings. The number of hydrogen-bond acceptors (Lipinski definition) is 5. The van der Waals surface area contributed by atoms with Crippen molar-refractivity contribution >= 4 is 33.3 Å². The summed E-state index contributed by atoms with van der Waals surface area (Å²) < 4.78 is 0. The van der Waals surface area contributed by atoms with Gasteiger partial charge in [0.2, 0.25) is 5.95 Å². The van der Waals surface area contributed by atoms with Crippen LogP contribution in [0.4, 0.5) is 11.8 Å². The number of aromatic nitrogens is 2. The van der Waals surface area contributed by atoms with Crippen LogP contribution in [0.5, 0.6) is 0 Å². The van der Waals surface area contributed by atoms with Gasteiger partial charge in [0, 0.05) is 24.5 Å². The lowest BCUT2D eigenvalue weighted by Crippen LogP contribution is -2.24. The minimum Gasteiger partial charge on any atom is -0.355 e. The Kier molecular flexibility index (Phi) is 3.32. The van der Waals surface area contributed by atoms with E-state index in [1.165, 1.54) is 16.7 Å². The maximum Gasteiger partial charge on any atom is 0.226 e. The van der Waals surface area contributed by atoms with Gasteiger partial charge in [-0.15, -0.1) is 11.3 Å². The molecule has 0 saturated carbocycles. The fraction of sp³-hybridized carbons (Fsp3) is 0.600. The lowest BCUT2D eigenvalue weighted by atomic mass is 9.93. The SMILES string of the molecule is CCNc1nc(N2CCC(C)(C)C2)c2cc(C)sc2n1. The molecule has 0 bridgehead atoms. The predicted molar refractivity (Wildman–Crippen MR) is 86.9 cm³/mol. The highest BCUT2D eigenvalue weighted by atomic mass is 32.1. The van der Waals surface area contributed by atoms with Crippen LogP contribution in [0.1, 0.15) is 32.1 Å². The minimum atomic E-state index is 0.376. The normalized spacial score (nSPS) is 17.9. The molecule has 108 valence electrons. The Morgan fingerprint density at radius 2 is 2.20 bits per heavy atom. The molecule has 1 saturated heterocycles. The maximum atomic E-state index is 4.76. The number of rotatable bonds is 3. The lowest BCUT2D eigenvalue weighted by Gasteiger charge is -2.21. The summed E-state index contributed by atoms with van der Waals surface area (Å²) in [6, 6.07) is 2.22. The molecule has 0 radical (unpaired) electrons. The van der Waals surface area contributed by atoms with Gasteiger partial charge in [-0.1, -0.05) is 13.8 Å². The molecular weight excluding hydrogens is 268 g/mol. The average Bonchev–Trinajstić information content (AvgIpc) is 2.90. The second-order valence-corrected chi connectivity index (χ2v) is 7.55. The van der Waals surface area contributed by atoms with Crippen LogP contribution in [0.2, 0.25) is 0 Å². The first-order valence-electron chi connectivity index (χ1n) is 7.25. The van der Waals surface area contributed by atoms with Gasteiger partial charge in [-0.2, -0.15) is 4.98 Å². The van der Waals surface area contributed by atoms with Crippen molar-refractivity contribution in [2.75, 3.05) is 29.9 Å². The summed E-state index contributed by atoms with van der Waals surface area (Å²) >= 11 is 1.75. The van der Waals surface area contributed by atoms with E-state index in [1.807, 2.05) is 0 Å². The van der Waals surface area contributed by atoms with Crippen molar-refractivity contribution in [2.24, 2.45) is 5.41 Å². The van der Waals surface area contributed by atoms with Crippen LogP contribution in [0, 0.1) is 12.3 Å². The molecule has 0 aromatic carbocycles. The fourth-order valence-electron chi connectivity index (χ4n) is 2.80. The molecule has 1 aliphatic rings. The maximum absolute atomic E-state index is 4.76. The van der Waals surface area contributed by atoms with Crippen LogP contribution >= 0.6 is 11.3 Å². The van der Waals surface area contributed by atoms with Crippen LogP contribution in [-0.2, 0) is 0 Å². The Morgan fingerprint density at radius 1 is 1.40 bits per heavy atom. The number of fused-ring (bicyclic) bond motifs is 1. The standard InChI is InChI=1S/C15H22N4S/c1-5-16-14-17-12(19-7-6-15(3,4)9-19)11-8-10(2)20-13(11)18-14/h8H,5-7,9H2,1-4H3,(H,16,17,18). The van der Waals surface area contributed by atoms with E-state index in [4.69, 9.17) is 4.98 Å². The van der Waals surface area contributed by atoms with E-state index in [0.29, 0.717) is 5.41 Å². The van der Waals surface area contributed by atoms with Crippen LogP contribution in [0.15, 0.2) is 6.07 Å². The van der Waals surface area contributed by atoms with Gasteiger partial charge < -0.3 is 10.2 Å². The first kappa shape index (κ1) is 13.6. The van der Waals surface area contributed by atoms with Crippen LogP contribution in [0.3, 0.4) is 0 Å². The number of nitrogens with zero attached hydrogens (tertiary/aromatic N) is 3. The summed E-state index contributed by atoms with van der Waals surface area (Å²) in [5.74, 6) is 1.85. The molecule has 3 heterocycles. The number of thiophene rings is 1. The van der Waals surface area contributed by atoms with Crippen molar-refractivity contribution in [1.29, 1.82) is 0 Å². The zero-order valence-electron chi connectivity index (χ0n) is 12.7. The third-order valence-corrected chi connectivity index (χ3v) is 4.75. The number of hydrogen-bond donors (Lipinski definition) is 1. The minimum absolute atomic E-state index is 0.376. The number of nitrogens with one attached hydrogen (secondary N) is 1. The molecule has 4 nitrogen and oxygen atoms in total. The first-order chi connectivity index (χ1) is 9.48. The van der Waals surface area contributed by atoms with E-state index in [0.717, 1.165) is 36.2 Å². The van der Waals surface area contributed by atoms with E-state index in [-0.39, 0.29) is 0 Å². The zero-order chi connectivity index (χ0) is 14.3. The highest BCUT2D eigenvalue weighted by Gasteiger charge is 2.31. The van der Waals surface area contributed by atoms with Gasteiger partial charge in [-0.25, -0.2) is 4.98 Å². The van der Waals surface area contributed by atoms with E-state index in [9.17, 15) is 0 Å². The molecule has 0 aliphatic carbocycles. The summed E-state index contributed by atoms with van der Waals surface area (Å²) in [6.45, 7) is 11.9. The highest BCUT2D eigenvalue weighted by molar-refractivity contribution is 7.18. The van der Waals surface area contributed by atoms with Gasteiger partial charge in [0.15, 0.2) is 0 Å². The van der Waals surface area contributed by atoms with E-state index >= 15 is 0 Å². The average molecular weight is 290 g/mol. The third kappa shape index (κ3) is 2.46. The zero-order valence-corrected chi connectivity index (χ0v) is 13.5. The quantitative estimate of drug-likeness (QED) is 0.936. The molecule has 1 N–H and O–H groups in total. The summed E-state index contributed by atoms with van der Waals surface area (Å²) in [7, 11) is 0. The smallest absolute Gasteiger partial charge is 0.226 e. The molecule has 2 aromatic rings. The first-order valence-corrected chi connectivity index (χ1v) is 8.07. The molecule has 1 aliphatic heterocycles. The summed E-state index contributed by atoms with van der Waals surface area (Å²) in [6.07, 6.45) is 1.22. The van der Waals surface area contributed by atoms with Crippen molar-refractivity contribution in [3.63, 3.8) is 0 Å². The molecule has 2 aromatic heterocycles. The largest absolute Gasteiger partial charge is 0.355 e. The Balaban J connectivity index is 2.07. The Hall–Kier alpha value is -1.36. The highest BCUT2D eigenvalue weighted by Crippen LogP contribution is 2.37.